The van der Waals surface area contributed by atoms with Crippen molar-refractivity contribution in [3.63, 3.8) is 0 Å². The fourth-order valence-electron chi connectivity index (χ4n) is 4.10. The number of aryl methyl sites for hydroxylation is 1. The van der Waals surface area contributed by atoms with Crippen LogP contribution >= 0.6 is 0 Å². The van der Waals surface area contributed by atoms with Crippen LogP contribution in [0, 0.1) is 0 Å². The maximum absolute atomic E-state index is 5.58. The molecule has 0 atom stereocenters. The van der Waals surface area contributed by atoms with Gasteiger partial charge in [-0.3, -0.25) is 9.67 Å². The zero-order chi connectivity index (χ0) is 21.3. The van der Waals surface area contributed by atoms with Crippen molar-refractivity contribution in [1.29, 1.82) is 0 Å². The minimum atomic E-state index is 0.111. The average Bonchev–Trinajstić information content (AvgIpc) is 3.19. The molecule has 2 heterocycles. The van der Waals surface area contributed by atoms with Gasteiger partial charge in [-0.05, 0) is 43.4 Å². The van der Waals surface area contributed by atoms with E-state index in [9.17, 15) is 0 Å². The monoisotopic (exact) mass is 411 g/mol. The van der Waals surface area contributed by atoms with E-state index in [1.165, 1.54) is 11.1 Å². The van der Waals surface area contributed by atoms with Crippen molar-refractivity contribution in [3.05, 3.63) is 41.2 Å². The Kier molecular flexibility index (Phi) is 5.62. The molecule has 0 bridgehead atoms. The van der Waals surface area contributed by atoms with E-state index in [-0.39, 0.29) is 5.41 Å². The summed E-state index contributed by atoms with van der Waals surface area (Å²) in [6.45, 7) is 9.18. The Hall–Kier alpha value is -2.70. The number of ether oxygens (including phenoxy) is 2. The summed E-state index contributed by atoms with van der Waals surface area (Å²) in [5, 5.41) is 8.10. The lowest BCUT2D eigenvalue weighted by atomic mass is 9.96. The van der Waals surface area contributed by atoms with E-state index in [0.29, 0.717) is 12.7 Å². The minimum absolute atomic E-state index is 0.111. The predicted octanol–water partition coefficient (Wildman–Crippen LogP) is 3.40. The van der Waals surface area contributed by atoms with Crippen LogP contribution in [-0.2, 0) is 19.0 Å². The number of aliphatic imine (C=N–C) groups is 1. The van der Waals surface area contributed by atoms with E-state index < -0.39 is 0 Å². The Bertz CT molecular complexity index is 930. The number of rotatable bonds is 7. The van der Waals surface area contributed by atoms with Crippen molar-refractivity contribution < 1.29 is 9.47 Å². The molecular formula is C23H33N5O2. The van der Waals surface area contributed by atoms with Gasteiger partial charge in [0, 0.05) is 44.4 Å². The molecule has 0 radical (unpaired) electrons. The summed E-state index contributed by atoms with van der Waals surface area (Å²) in [6, 6.07) is 6.32. The number of nitrogens with zero attached hydrogens (tertiary/aromatic N) is 4. The smallest absolute Gasteiger partial charge is 0.231 e. The van der Waals surface area contributed by atoms with Gasteiger partial charge in [0.15, 0.2) is 17.5 Å². The number of hydrogen-bond acceptors (Lipinski definition) is 4. The highest BCUT2D eigenvalue weighted by Crippen LogP contribution is 2.50. The highest BCUT2D eigenvalue weighted by atomic mass is 16.7. The lowest BCUT2D eigenvalue weighted by molar-refractivity contribution is 0.174. The summed E-state index contributed by atoms with van der Waals surface area (Å²) in [7, 11) is 4.08. The van der Waals surface area contributed by atoms with Gasteiger partial charge >= 0.3 is 0 Å². The number of fused-ring (bicyclic) bond motifs is 1. The molecule has 0 spiro atoms. The summed E-state index contributed by atoms with van der Waals surface area (Å²) < 4.78 is 12.9. The first-order valence-electron chi connectivity index (χ1n) is 10.8. The molecule has 1 fully saturated rings. The van der Waals surface area contributed by atoms with Crippen molar-refractivity contribution in [2.75, 3.05) is 26.9 Å². The van der Waals surface area contributed by atoms with Crippen LogP contribution in [-0.4, -0.2) is 47.6 Å². The van der Waals surface area contributed by atoms with Crippen LogP contribution in [0.15, 0.2) is 29.4 Å². The molecule has 2 aromatic rings. The number of benzene rings is 1. The quantitative estimate of drug-likeness (QED) is 0.559. The van der Waals surface area contributed by atoms with Gasteiger partial charge in [0.05, 0.1) is 12.2 Å². The molecule has 1 aromatic heterocycles. The SMILES string of the molecule is CCNC(=NCC1(c2ccc3c(c2)OCO3)CC1)N(C)Cc1cn(C)nc1C(C)C. The molecule has 0 amide bonds. The summed E-state index contributed by atoms with van der Waals surface area (Å²) in [5.41, 5.74) is 3.81. The third kappa shape index (κ3) is 4.11. The predicted molar refractivity (Wildman–Crippen MR) is 118 cm³/mol. The third-order valence-electron chi connectivity index (χ3n) is 5.96. The Balaban J connectivity index is 1.50. The van der Waals surface area contributed by atoms with Crippen LogP contribution in [0.3, 0.4) is 0 Å². The summed E-state index contributed by atoms with van der Waals surface area (Å²) in [6.07, 6.45) is 4.42. The summed E-state index contributed by atoms with van der Waals surface area (Å²) in [5.74, 6) is 3.02. The Morgan fingerprint density at radius 2 is 2.07 bits per heavy atom. The van der Waals surface area contributed by atoms with Gasteiger partial charge < -0.3 is 19.7 Å². The Morgan fingerprint density at radius 1 is 1.30 bits per heavy atom. The average molecular weight is 412 g/mol. The van der Waals surface area contributed by atoms with E-state index in [2.05, 4.69) is 61.5 Å². The highest BCUT2D eigenvalue weighted by molar-refractivity contribution is 5.79. The second-order valence-corrected chi connectivity index (χ2v) is 8.74. The number of nitrogens with one attached hydrogen (secondary N) is 1. The summed E-state index contributed by atoms with van der Waals surface area (Å²) >= 11 is 0. The zero-order valence-corrected chi connectivity index (χ0v) is 18.7. The number of hydrogen-bond donors (Lipinski definition) is 1. The Labute approximate surface area is 179 Å². The third-order valence-corrected chi connectivity index (χ3v) is 5.96. The van der Waals surface area contributed by atoms with Crippen molar-refractivity contribution in [3.8, 4) is 11.5 Å². The molecule has 7 nitrogen and oxygen atoms in total. The molecule has 1 N–H and O–H groups in total. The molecule has 0 unspecified atom stereocenters. The molecule has 162 valence electrons. The van der Waals surface area contributed by atoms with Crippen LogP contribution in [0.5, 0.6) is 11.5 Å². The number of guanidine groups is 1. The maximum Gasteiger partial charge on any atom is 0.231 e. The molecular weight excluding hydrogens is 378 g/mol. The minimum Gasteiger partial charge on any atom is -0.454 e. The topological polar surface area (TPSA) is 63.9 Å². The van der Waals surface area contributed by atoms with Crippen molar-refractivity contribution in [2.45, 2.75) is 51.5 Å². The van der Waals surface area contributed by atoms with Crippen LogP contribution in [0.4, 0.5) is 0 Å². The first kappa shape index (κ1) is 20.6. The van der Waals surface area contributed by atoms with Gasteiger partial charge in [-0.2, -0.15) is 5.10 Å². The largest absolute Gasteiger partial charge is 0.454 e. The molecule has 1 aliphatic carbocycles. The Morgan fingerprint density at radius 3 is 2.77 bits per heavy atom. The second kappa shape index (κ2) is 8.20. The fraction of sp³-hybridized carbons (Fsp3) is 0.565. The van der Waals surface area contributed by atoms with Crippen molar-refractivity contribution in [1.82, 2.24) is 20.0 Å². The lowest BCUT2D eigenvalue weighted by Gasteiger charge is -2.23. The van der Waals surface area contributed by atoms with Crippen LogP contribution in [0.1, 0.15) is 56.4 Å². The lowest BCUT2D eigenvalue weighted by Crippen LogP contribution is -2.39. The summed E-state index contributed by atoms with van der Waals surface area (Å²) in [4.78, 5) is 7.22. The fourth-order valence-corrected chi connectivity index (χ4v) is 4.10. The standard InChI is InChI=1S/C23H33N5O2/c1-6-24-22(27(4)12-17-13-28(5)26-21(17)16(2)3)25-14-23(9-10-23)18-7-8-19-20(11-18)30-15-29-19/h7-8,11,13,16H,6,9-10,12,14-15H2,1-5H3,(H,24,25). The van der Waals surface area contributed by atoms with Gasteiger partial charge in [-0.15, -0.1) is 0 Å². The molecule has 1 saturated carbocycles. The van der Waals surface area contributed by atoms with Crippen LogP contribution in [0.25, 0.3) is 0 Å². The first-order valence-corrected chi connectivity index (χ1v) is 10.8. The first-order chi connectivity index (χ1) is 14.4. The molecule has 2 aliphatic rings. The van der Waals surface area contributed by atoms with Crippen molar-refractivity contribution in [2.24, 2.45) is 12.0 Å². The van der Waals surface area contributed by atoms with E-state index >= 15 is 0 Å². The van der Waals surface area contributed by atoms with Gasteiger partial charge in [-0.25, -0.2) is 0 Å². The molecule has 1 aromatic carbocycles. The molecule has 7 heteroatoms. The second-order valence-electron chi connectivity index (χ2n) is 8.74. The normalized spacial score (nSPS) is 16.8. The van der Waals surface area contributed by atoms with E-state index in [0.717, 1.165) is 55.6 Å². The van der Waals surface area contributed by atoms with Gasteiger partial charge in [0.25, 0.3) is 0 Å². The van der Waals surface area contributed by atoms with E-state index in [4.69, 9.17) is 14.5 Å². The van der Waals surface area contributed by atoms with Crippen molar-refractivity contribution >= 4 is 5.96 Å². The molecule has 30 heavy (non-hydrogen) atoms. The molecule has 1 aliphatic heterocycles. The molecule has 0 saturated heterocycles. The van der Waals surface area contributed by atoms with Crippen LogP contribution in [0.2, 0.25) is 0 Å². The molecule has 4 rings (SSSR count). The van der Waals surface area contributed by atoms with Gasteiger partial charge in [-0.1, -0.05) is 19.9 Å². The van der Waals surface area contributed by atoms with E-state index in [1.54, 1.807) is 0 Å². The zero-order valence-electron chi connectivity index (χ0n) is 18.7. The van der Waals surface area contributed by atoms with Gasteiger partial charge in [0.2, 0.25) is 6.79 Å². The maximum atomic E-state index is 5.58. The van der Waals surface area contributed by atoms with Crippen LogP contribution < -0.4 is 14.8 Å². The van der Waals surface area contributed by atoms with Gasteiger partial charge in [0.1, 0.15) is 0 Å². The highest BCUT2D eigenvalue weighted by Gasteiger charge is 2.45. The van der Waals surface area contributed by atoms with E-state index in [1.807, 2.05) is 17.8 Å². The number of aromatic nitrogens is 2.